The molecule has 0 bridgehead atoms. The summed E-state index contributed by atoms with van der Waals surface area (Å²) in [5, 5.41) is 11.1. The maximum Gasteiger partial charge on any atom is 0.270 e. The number of nitrogens with zero attached hydrogens (tertiary/aromatic N) is 2. The Labute approximate surface area is 132 Å². The molecule has 0 saturated carbocycles. The Morgan fingerprint density at radius 2 is 1.91 bits per heavy atom. The summed E-state index contributed by atoms with van der Waals surface area (Å²) in [6.07, 6.45) is 0.772. The van der Waals surface area contributed by atoms with Gasteiger partial charge < -0.3 is 4.90 Å². The first-order chi connectivity index (χ1) is 10.6. The minimum Gasteiger partial charge on any atom is -0.334 e. The maximum absolute atomic E-state index is 12.6. The first-order valence-corrected chi connectivity index (χ1v) is 7.24. The fraction of sp³-hybridized carbons (Fsp3) is 0.188. The lowest BCUT2D eigenvalue weighted by atomic mass is 9.99. The highest BCUT2D eigenvalue weighted by Crippen LogP contribution is 2.26. The van der Waals surface area contributed by atoms with Gasteiger partial charge in [0.25, 0.3) is 11.6 Å². The van der Waals surface area contributed by atoms with E-state index in [-0.39, 0.29) is 22.2 Å². The Morgan fingerprint density at radius 3 is 2.64 bits per heavy atom. The van der Waals surface area contributed by atoms with Gasteiger partial charge in [0.05, 0.1) is 15.5 Å². The van der Waals surface area contributed by atoms with Gasteiger partial charge in [-0.1, -0.05) is 35.9 Å². The van der Waals surface area contributed by atoms with Crippen molar-refractivity contribution in [2.75, 3.05) is 6.54 Å². The quantitative estimate of drug-likeness (QED) is 0.629. The second-order valence-electron chi connectivity index (χ2n) is 5.17. The fourth-order valence-corrected chi connectivity index (χ4v) is 2.83. The molecule has 6 heteroatoms. The zero-order valence-corrected chi connectivity index (χ0v) is 12.4. The molecular weight excluding hydrogens is 304 g/mol. The molecule has 1 heterocycles. The van der Waals surface area contributed by atoms with Crippen LogP contribution < -0.4 is 0 Å². The van der Waals surface area contributed by atoms with Gasteiger partial charge in [0, 0.05) is 25.2 Å². The van der Waals surface area contributed by atoms with Crippen LogP contribution in [0.25, 0.3) is 0 Å². The number of amides is 1. The first kappa shape index (κ1) is 14.5. The van der Waals surface area contributed by atoms with E-state index >= 15 is 0 Å². The van der Waals surface area contributed by atoms with Crippen molar-refractivity contribution in [3.05, 3.63) is 74.3 Å². The Kier molecular flexibility index (Phi) is 3.81. The summed E-state index contributed by atoms with van der Waals surface area (Å²) >= 11 is 6.05. The van der Waals surface area contributed by atoms with Crippen LogP contribution in [0.5, 0.6) is 0 Å². The van der Waals surface area contributed by atoms with Crippen molar-refractivity contribution in [3.63, 3.8) is 0 Å². The molecule has 3 rings (SSSR count). The van der Waals surface area contributed by atoms with Crippen LogP contribution in [0, 0.1) is 10.1 Å². The Hall–Kier alpha value is -2.40. The standard InChI is InChI=1S/C16H13ClN2O3/c17-15-6-5-13(19(21)22)9-14(15)16(20)18-8-7-11-3-1-2-4-12(11)10-18/h1-6,9H,7-8,10H2. The molecule has 0 atom stereocenters. The summed E-state index contributed by atoms with van der Waals surface area (Å²) in [4.78, 5) is 24.6. The topological polar surface area (TPSA) is 63.4 Å². The smallest absolute Gasteiger partial charge is 0.270 e. The molecule has 0 saturated heterocycles. The molecule has 0 aromatic heterocycles. The van der Waals surface area contributed by atoms with Gasteiger partial charge in [-0.25, -0.2) is 0 Å². The average Bonchev–Trinajstić information content (AvgIpc) is 2.54. The van der Waals surface area contributed by atoms with E-state index in [0.29, 0.717) is 13.1 Å². The van der Waals surface area contributed by atoms with Crippen molar-refractivity contribution in [1.29, 1.82) is 0 Å². The first-order valence-electron chi connectivity index (χ1n) is 6.86. The van der Waals surface area contributed by atoms with E-state index in [4.69, 9.17) is 11.6 Å². The fourth-order valence-electron chi connectivity index (χ4n) is 2.63. The van der Waals surface area contributed by atoms with Crippen LogP contribution in [0.1, 0.15) is 21.5 Å². The van der Waals surface area contributed by atoms with Crippen LogP contribution >= 0.6 is 11.6 Å². The van der Waals surface area contributed by atoms with Crippen LogP contribution in [0.2, 0.25) is 5.02 Å². The van der Waals surface area contributed by atoms with Crippen molar-refractivity contribution >= 4 is 23.2 Å². The van der Waals surface area contributed by atoms with E-state index in [0.717, 1.165) is 12.0 Å². The van der Waals surface area contributed by atoms with E-state index in [2.05, 4.69) is 6.07 Å². The van der Waals surface area contributed by atoms with Crippen LogP contribution in [-0.2, 0) is 13.0 Å². The van der Waals surface area contributed by atoms with Gasteiger partial charge in [0.2, 0.25) is 0 Å². The lowest BCUT2D eigenvalue weighted by molar-refractivity contribution is -0.384. The molecular formula is C16H13ClN2O3. The van der Waals surface area contributed by atoms with E-state index in [1.165, 1.54) is 23.8 Å². The van der Waals surface area contributed by atoms with Crippen molar-refractivity contribution in [3.8, 4) is 0 Å². The molecule has 1 aliphatic heterocycles. The lowest BCUT2D eigenvalue weighted by Crippen LogP contribution is -2.36. The number of rotatable bonds is 2. The molecule has 112 valence electrons. The van der Waals surface area contributed by atoms with Crippen molar-refractivity contribution in [2.24, 2.45) is 0 Å². The van der Waals surface area contributed by atoms with Crippen molar-refractivity contribution < 1.29 is 9.72 Å². The average molecular weight is 317 g/mol. The molecule has 0 unspecified atom stereocenters. The monoisotopic (exact) mass is 316 g/mol. The molecule has 0 fully saturated rings. The molecule has 2 aromatic carbocycles. The predicted octanol–water partition coefficient (Wildman–Crippen LogP) is 3.45. The number of nitro groups is 1. The molecule has 0 radical (unpaired) electrons. The summed E-state index contributed by atoms with van der Waals surface area (Å²) in [6.45, 7) is 1.07. The van der Waals surface area contributed by atoms with Gasteiger partial charge in [-0.05, 0) is 23.6 Å². The third kappa shape index (κ3) is 2.67. The summed E-state index contributed by atoms with van der Waals surface area (Å²) in [7, 11) is 0. The second kappa shape index (κ2) is 5.77. The molecule has 1 aliphatic rings. The van der Waals surface area contributed by atoms with Gasteiger partial charge in [-0.2, -0.15) is 0 Å². The number of fused-ring (bicyclic) bond motifs is 1. The number of halogens is 1. The maximum atomic E-state index is 12.6. The van der Waals surface area contributed by atoms with Gasteiger partial charge in [-0.3, -0.25) is 14.9 Å². The molecule has 5 nitrogen and oxygen atoms in total. The number of nitro benzene ring substituents is 1. The zero-order valence-electron chi connectivity index (χ0n) is 11.7. The van der Waals surface area contributed by atoms with E-state index in [1.54, 1.807) is 4.90 Å². The normalized spacial score (nSPS) is 13.6. The minimum atomic E-state index is -0.529. The van der Waals surface area contributed by atoms with E-state index in [1.807, 2.05) is 18.2 Å². The zero-order chi connectivity index (χ0) is 15.7. The Morgan fingerprint density at radius 1 is 1.18 bits per heavy atom. The molecule has 0 spiro atoms. The van der Waals surface area contributed by atoms with Crippen LogP contribution in [0.15, 0.2) is 42.5 Å². The SMILES string of the molecule is O=C(c1cc([N+](=O)[O-])ccc1Cl)N1CCc2ccccc2C1. The largest absolute Gasteiger partial charge is 0.334 e. The van der Waals surface area contributed by atoms with Crippen LogP contribution in [0.4, 0.5) is 5.69 Å². The molecule has 22 heavy (non-hydrogen) atoms. The number of non-ortho nitro benzene ring substituents is 1. The highest BCUT2D eigenvalue weighted by Gasteiger charge is 2.24. The van der Waals surface area contributed by atoms with Gasteiger partial charge in [0.15, 0.2) is 0 Å². The van der Waals surface area contributed by atoms with E-state index in [9.17, 15) is 14.9 Å². The third-order valence-electron chi connectivity index (χ3n) is 3.81. The van der Waals surface area contributed by atoms with E-state index < -0.39 is 4.92 Å². The summed E-state index contributed by atoms with van der Waals surface area (Å²) in [5.41, 5.74) is 2.38. The van der Waals surface area contributed by atoms with Gasteiger partial charge in [0.1, 0.15) is 0 Å². The number of carbonyl (C=O) groups is 1. The second-order valence-corrected chi connectivity index (χ2v) is 5.57. The molecule has 0 N–H and O–H groups in total. The number of hydrogen-bond donors (Lipinski definition) is 0. The highest BCUT2D eigenvalue weighted by molar-refractivity contribution is 6.33. The molecule has 2 aromatic rings. The molecule has 1 amide bonds. The van der Waals surface area contributed by atoms with Crippen LogP contribution in [0.3, 0.4) is 0 Å². The highest BCUT2D eigenvalue weighted by atomic mass is 35.5. The summed E-state index contributed by atoms with van der Waals surface area (Å²) < 4.78 is 0. The predicted molar refractivity (Wildman–Crippen MR) is 83.0 cm³/mol. The molecule has 0 aliphatic carbocycles. The van der Waals surface area contributed by atoms with Gasteiger partial charge >= 0.3 is 0 Å². The van der Waals surface area contributed by atoms with Crippen molar-refractivity contribution in [2.45, 2.75) is 13.0 Å². The lowest BCUT2D eigenvalue weighted by Gasteiger charge is -2.29. The third-order valence-corrected chi connectivity index (χ3v) is 4.14. The summed E-state index contributed by atoms with van der Waals surface area (Å²) in [5.74, 6) is -0.275. The number of carbonyl (C=O) groups excluding carboxylic acids is 1. The Balaban J connectivity index is 1.89. The minimum absolute atomic E-state index is 0.134. The summed E-state index contributed by atoms with van der Waals surface area (Å²) in [6, 6.07) is 11.9. The van der Waals surface area contributed by atoms with Gasteiger partial charge in [-0.15, -0.1) is 0 Å². The van der Waals surface area contributed by atoms with Crippen molar-refractivity contribution in [1.82, 2.24) is 4.90 Å². The van der Waals surface area contributed by atoms with Crippen LogP contribution in [-0.4, -0.2) is 22.3 Å². The number of hydrogen-bond acceptors (Lipinski definition) is 3. The number of benzene rings is 2. The Bertz CT molecular complexity index is 761.